The van der Waals surface area contributed by atoms with Crippen LogP contribution in [0.5, 0.6) is 11.5 Å². The first-order chi connectivity index (χ1) is 13.3. The first kappa shape index (κ1) is 20.0. The minimum absolute atomic E-state index is 0.146. The van der Waals surface area contributed by atoms with Crippen LogP contribution in [0.1, 0.15) is 5.56 Å². The van der Waals surface area contributed by atoms with E-state index in [1.807, 2.05) is 30.3 Å². The Bertz CT molecular complexity index is 963. The number of hydrogen-bond acceptors (Lipinski definition) is 2. The van der Waals surface area contributed by atoms with Crippen molar-refractivity contribution in [3.63, 3.8) is 0 Å². The standard InChI is InChI=1S/C20H14ClF3N2OS/c21-18-11-8-14(12-17(18)20(22,23)24)26-19(28)25-13-6-9-16(10-7-13)27-15-4-2-1-3-5-15/h1-12H,(H2,25,26,28). The zero-order valence-electron chi connectivity index (χ0n) is 14.3. The van der Waals surface area contributed by atoms with Crippen LogP contribution >= 0.6 is 23.8 Å². The summed E-state index contributed by atoms with van der Waals surface area (Å²) in [6.45, 7) is 0. The number of anilines is 2. The topological polar surface area (TPSA) is 33.3 Å². The number of halogens is 4. The molecule has 0 heterocycles. The van der Waals surface area contributed by atoms with E-state index in [0.717, 1.165) is 6.07 Å². The third-order valence-electron chi connectivity index (χ3n) is 3.62. The third-order valence-corrected chi connectivity index (χ3v) is 4.15. The maximum atomic E-state index is 12.9. The SMILES string of the molecule is FC(F)(F)c1cc(NC(=S)Nc2ccc(Oc3ccccc3)cc2)ccc1Cl. The lowest BCUT2D eigenvalue weighted by atomic mass is 10.2. The number of nitrogens with one attached hydrogen (secondary N) is 2. The van der Waals surface area contributed by atoms with Gasteiger partial charge in [-0.25, -0.2) is 0 Å². The van der Waals surface area contributed by atoms with Crippen molar-refractivity contribution in [1.29, 1.82) is 0 Å². The zero-order chi connectivity index (χ0) is 20.1. The monoisotopic (exact) mass is 422 g/mol. The summed E-state index contributed by atoms with van der Waals surface area (Å²) in [6, 6.07) is 19.8. The number of para-hydroxylation sites is 1. The van der Waals surface area contributed by atoms with Crippen molar-refractivity contribution in [1.82, 2.24) is 0 Å². The summed E-state index contributed by atoms with van der Waals surface area (Å²) in [5.74, 6) is 1.35. The van der Waals surface area contributed by atoms with Gasteiger partial charge in [-0.3, -0.25) is 0 Å². The molecule has 28 heavy (non-hydrogen) atoms. The van der Waals surface area contributed by atoms with E-state index in [-0.39, 0.29) is 15.8 Å². The second-order valence-corrected chi connectivity index (χ2v) is 6.53. The molecule has 0 aliphatic carbocycles. The van der Waals surface area contributed by atoms with E-state index in [9.17, 15) is 13.2 Å². The fourth-order valence-corrected chi connectivity index (χ4v) is 2.81. The van der Waals surface area contributed by atoms with E-state index < -0.39 is 11.7 Å². The molecule has 3 rings (SSSR count). The lowest BCUT2D eigenvalue weighted by molar-refractivity contribution is -0.137. The van der Waals surface area contributed by atoms with Crippen LogP contribution in [-0.2, 0) is 6.18 Å². The average molecular weight is 423 g/mol. The van der Waals surface area contributed by atoms with Crippen LogP contribution in [0.3, 0.4) is 0 Å². The smallest absolute Gasteiger partial charge is 0.417 e. The van der Waals surface area contributed by atoms with Gasteiger partial charge in [-0.05, 0) is 66.8 Å². The number of ether oxygens (including phenoxy) is 1. The van der Waals surface area contributed by atoms with E-state index in [0.29, 0.717) is 17.2 Å². The summed E-state index contributed by atoms with van der Waals surface area (Å²) in [5, 5.41) is 5.40. The molecule has 2 N–H and O–H groups in total. The van der Waals surface area contributed by atoms with E-state index >= 15 is 0 Å². The minimum Gasteiger partial charge on any atom is -0.457 e. The van der Waals surface area contributed by atoms with Crippen molar-refractivity contribution in [2.75, 3.05) is 10.6 Å². The van der Waals surface area contributed by atoms with Gasteiger partial charge in [0.05, 0.1) is 10.6 Å². The molecule has 0 aliphatic rings. The summed E-state index contributed by atoms with van der Waals surface area (Å²) in [6.07, 6.45) is -4.54. The van der Waals surface area contributed by atoms with Gasteiger partial charge in [0.15, 0.2) is 5.11 Å². The molecule has 3 aromatic carbocycles. The zero-order valence-corrected chi connectivity index (χ0v) is 15.8. The summed E-state index contributed by atoms with van der Waals surface area (Å²) in [4.78, 5) is 0. The van der Waals surface area contributed by atoms with Gasteiger partial charge in [-0.2, -0.15) is 13.2 Å². The summed E-state index contributed by atoms with van der Waals surface area (Å²) in [7, 11) is 0. The molecule has 0 spiro atoms. The molecule has 0 saturated carbocycles. The largest absolute Gasteiger partial charge is 0.457 e. The maximum absolute atomic E-state index is 12.9. The lowest BCUT2D eigenvalue weighted by Gasteiger charge is -2.14. The summed E-state index contributed by atoms with van der Waals surface area (Å²) in [5.41, 5.74) is -0.0921. The van der Waals surface area contributed by atoms with Gasteiger partial charge in [0.25, 0.3) is 0 Å². The van der Waals surface area contributed by atoms with Crippen molar-refractivity contribution < 1.29 is 17.9 Å². The maximum Gasteiger partial charge on any atom is 0.417 e. The van der Waals surface area contributed by atoms with Crippen LogP contribution in [0.15, 0.2) is 72.8 Å². The van der Waals surface area contributed by atoms with Gasteiger partial charge >= 0.3 is 6.18 Å². The van der Waals surface area contributed by atoms with Crippen LogP contribution in [0.2, 0.25) is 5.02 Å². The van der Waals surface area contributed by atoms with Crippen molar-refractivity contribution in [2.45, 2.75) is 6.18 Å². The molecule has 0 atom stereocenters. The second kappa shape index (κ2) is 8.50. The Kier molecular flexibility index (Phi) is 6.06. The molecule has 0 bridgehead atoms. The minimum atomic E-state index is -4.54. The van der Waals surface area contributed by atoms with Gasteiger partial charge in [-0.1, -0.05) is 29.8 Å². The van der Waals surface area contributed by atoms with E-state index in [1.54, 1.807) is 24.3 Å². The van der Waals surface area contributed by atoms with Gasteiger partial charge in [0.1, 0.15) is 11.5 Å². The fourth-order valence-electron chi connectivity index (χ4n) is 2.34. The average Bonchev–Trinajstić information content (AvgIpc) is 2.65. The number of thiocarbonyl (C=S) groups is 1. The molecular weight excluding hydrogens is 409 g/mol. The van der Waals surface area contributed by atoms with E-state index in [1.165, 1.54) is 12.1 Å². The Balaban J connectivity index is 1.62. The first-order valence-electron chi connectivity index (χ1n) is 8.09. The van der Waals surface area contributed by atoms with Gasteiger partial charge in [0.2, 0.25) is 0 Å². The molecule has 144 valence electrons. The summed E-state index contributed by atoms with van der Waals surface area (Å²) < 4.78 is 44.5. The quantitative estimate of drug-likeness (QED) is 0.445. The van der Waals surface area contributed by atoms with Crippen LogP contribution in [0.4, 0.5) is 24.5 Å². The normalized spacial score (nSPS) is 11.0. The highest BCUT2D eigenvalue weighted by Crippen LogP contribution is 2.36. The molecule has 0 unspecified atom stereocenters. The lowest BCUT2D eigenvalue weighted by Crippen LogP contribution is -2.19. The van der Waals surface area contributed by atoms with Crippen LogP contribution in [-0.4, -0.2) is 5.11 Å². The Labute approximate surface area is 170 Å². The van der Waals surface area contributed by atoms with Crippen molar-refractivity contribution in [3.05, 3.63) is 83.4 Å². The van der Waals surface area contributed by atoms with Crippen molar-refractivity contribution in [2.24, 2.45) is 0 Å². The Morgan fingerprint density at radius 1 is 0.821 bits per heavy atom. The highest BCUT2D eigenvalue weighted by molar-refractivity contribution is 7.80. The van der Waals surface area contributed by atoms with Crippen LogP contribution in [0, 0.1) is 0 Å². The van der Waals surface area contributed by atoms with E-state index in [4.69, 9.17) is 28.6 Å². The van der Waals surface area contributed by atoms with Gasteiger partial charge < -0.3 is 15.4 Å². The highest BCUT2D eigenvalue weighted by Gasteiger charge is 2.33. The second-order valence-electron chi connectivity index (χ2n) is 5.71. The molecule has 3 nitrogen and oxygen atoms in total. The molecule has 0 fully saturated rings. The molecular formula is C20H14ClF3N2OS. The third kappa shape index (κ3) is 5.37. The molecule has 0 saturated heterocycles. The Morgan fingerprint density at radius 3 is 2.04 bits per heavy atom. The molecule has 8 heteroatoms. The molecule has 0 amide bonds. The predicted molar refractivity (Wildman–Crippen MR) is 109 cm³/mol. The van der Waals surface area contributed by atoms with Gasteiger partial charge in [-0.15, -0.1) is 0 Å². The molecule has 0 aromatic heterocycles. The van der Waals surface area contributed by atoms with Crippen LogP contribution < -0.4 is 15.4 Å². The van der Waals surface area contributed by atoms with Crippen LogP contribution in [0.25, 0.3) is 0 Å². The number of benzene rings is 3. The fraction of sp³-hybridized carbons (Fsp3) is 0.0500. The first-order valence-corrected chi connectivity index (χ1v) is 8.87. The molecule has 0 radical (unpaired) electrons. The Morgan fingerprint density at radius 2 is 1.39 bits per heavy atom. The molecule has 3 aromatic rings. The van der Waals surface area contributed by atoms with Gasteiger partial charge in [0, 0.05) is 11.4 Å². The van der Waals surface area contributed by atoms with Crippen molar-refractivity contribution in [3.8, 4) is 11.5 Å². The predicted octanol–water partition coefficient (Wildman–Crippen LogP) is 6.96. The Hall–Kier alpha value is -2.77. The summed E-state index contributed by atoms with van der Waals surface area (Å²) >= 11 is 10.8. The molecule has 0 aliphatic heterocycles. The highest BCUT2D eigenvalue weighted by atomic mass is 35.5. The number of hydrogen-bond donors (Lipinski definition) is 2. The number of rotatable bonds is 4. The van der Waals surface area contributed by atoms with E-state index in [2.05, 4.69) is 10.6 Å². The number of alkyl halides is 3. The van der Waals surface area contributed by atoms with Crippen molar-refractivity contribution >= 4 is 40.3 Å².